The first-order chi connectivity index (χ1) is 12.7. The van der Waals surface area contributed by atoms with Crippen LogP contribution in [-0.4, -0.2) is 60.7 Å². The van der Waals surface area contributed by atoms with Crippen LogP contribution in [0.2, 0.25) is 0 Å². The standard InChI is InChI=1S/C18H36N4O4/c23-13-7-1-5-11-19-17(25)21-15-9-3-4-10-16(15)22-18(26)20-12-6-2-8-14-24/h15-16,23-24H,1-14H2,(H2,19,21,25)(H2,20,22,26)/t15-,16-/m1/s1. The van der Waals surface area contributed by atoms with Crippen molar-refractivity contribution in [3.63, 3.8) is 0 Å². The van der Waals surface area contributed by atoms with E-state index in [0.717, 1.165) is 64.2 Å². The predicted octanol–water partition coefficient (Wildman–Crippen LogP) is 1.22. The maximum Gasteiger partial charge on any atom is 0.315 e. The minimum atomic E-state index is -0.197. The number of rotatable bonds is 12. The molecule has 2 atom stereocenters. The summed E-state index contributed by atoms with van der Waals surface area (Å²) < 4.78 is 0. The highest BCUT2D eigenvalue weighted by Crippen LogP contribution is 2.18. The third-order valence-electron chi connectivity index (χ3n) is 4.64. The molecule has 0 aromatic carbocycles. The van der Waals surface area contributed by atoms with Gasteiger partial charge in [0.05, 0.1) is 12.1 Å². The van der Waals surface area contributed by atoms with Gasteiger partial charge in [0.15, 0.2) is 0 Å². The fourth-order valence-corrected chi connectivity index (χ4v) is 3.15. The number of hydrogen-bond acceptors (Lipinski definition) is 4. The molecule has 4 amide bonds. The first-order valence-electron chi connectivity index (χ1n) is 9.97. The normalized spacial score (nSPS) is 19.6. The molecule has 0 spiro atoms. The number of unbranched alkanes of at least 4 members (excludes halogenated alkanes) is 4. The van der Waals surface area contributed by atoms with E-state index in [1.807, 2.05) is 0 Å². The van der Waals surface area contributed by atoms with Crippen molar-refractivity contribution in [1.29, 1.82) is 0 Å². The van der Waals surface area contributed by atoms with Gasteiger partial charge in [-0.1, -0.05) is 12.8 Å². The lowest BCUT2D eigenvalue weighted by atomic mass is 9.90. The maximum absolute atomic E-state index is 12.0. The Hall–Kier alpha value is -1.54. The first-order valence-corrected chi connectivity index (χ1v) is 9.97. The van der Waals surface area contributed by atoms with Gasteiger partial charge in [-0.15, -0.1) is 0 Å². The topological polar surface area (TPSA) is 123 Å². The number of urea groups is 2. The van der Waals surface area contributed by atoms with Crippen LogP contribution in [0, 0.1) is 0 Å². The average Bonchev–Trinajstić information content (AvgIpc) is 2.63. The summed E-state index contributed by atoms with van der Waals surface area (Å²) in [6, 6.07) is -0.503. The zero-order valence-electron chi connectivity index (χ0n) is 15.8. The molecule has 152 valence electrons. The molecule has 6 N–H and O–H groups in total. The Labute approximate surface area is 156 Å². The Morgan fingerprint density at radius 2 is 1.12 bits per heavy atom. The van der Waals surface area contributed by atoms with Gasteiger partial charge in [-0.3, -0.25) is 0 Å². The molecule has 0 aliphatic heterocycles. The van der Waals surface area contributed by atoms with E-state index in [-0.39, 0.29) is 37.4 Å². The van der Waals surface area contributed by atoms with Crippen molar-refractivity contribution in [1.82, 2.24) is 21.3 Å². The van der Waals surface area contributed by atoms with Crippen molar-refractivity contribution < 1.29 is 19.8 Å². The minimum absolute atomic E-state index is 0.0543. The van der Waals surface area contributed by atoms with Crippen LogP contribution in [0.25, 0.3) is 0 Å². The van der Waals surface area contributed by atoms with E-state index in [1.54, 1.807) is 0 Å². The zero-order valence-corrected chi connectivity index (χ0v) is 15.8. The molecule has 1 saturated carbocycles. The summed E-state index contributed by atoms with van der Waals surface area (Å²) in [5.41, 5.74) is 0. The minimum Gasteiger partial charge on any atom is -0.396 e. The molecule has 1 aliphatic carbocycles. The molecule has 26 heavy (non-hydrogen) atoms. The van der Waals surface area contributed by atoms with Gasteiger partial charge >= 0.3 is 12.1 Å². The second kappa shape index (κ2) is 14.6. The van der Waals surface area contributed by atoms with E-state index in [1.165, 1.54) is 0 Å². The van der Waals surface area contributed by atoms with Crippen molar-refractivity contribution in [2.45, 2.75) is 76.3 Å². The van der Waals surface area contributed by atoms with Crippen molar-refractivity contribution in [2.75, 3.05) is 26.3 Å². The molecule has 1 aliphatic rings. The van der Waals surface area contributed by atoms with Gasteiger partial charge in [0.1, 0.15) is 0 Å². The van der Waals surface area contributed by atoms with Crippen LogP contribution in [0.5, 0.6) is 0 Å². The van der Waals surface area contributed by atoms with Crippen LogP contribution in [0.1, 0.15) is 64.2 Å². The molecule has 0 heterocycles. The van der Waals surface area contributed by atoms with Crippen LogP contribution in [0.3, 0.4) is 0 Å². The van der Waals surface area contributed by atoms with Gasteiger partial charge in [-0.05, 0) is 51.4 Å². The van der Waals surface area contributed by atoms with Crippen LogP contribution in [-0.2, 0) is 0 Å². The van der Waals surface area contributed by atoms with Crippen LogP contribution in [0.15, 0.2) is 0 Å². The van der Waals surface area contributed by atoms with E-state index >= 15 is 0 Å². The smallest absolute Gasteiger partial charge is 0.315 e. The van der Waals surface area contributed by atoms with Crippen molar-refractivity contribution in [3.8, 4) is 0 Å². The number of hydrogen-bond donors (Lipinski definition) is 6. The number of nitrogens with one attached hydrogen (secondary N) is 4. The molecule has 0 bridgehead atoms. The van der Waals surface area contributed by atoms with Gasteiger partial charge in [0, 0.05) is 26.3 Å². The maximum atomic E-state index is 12.0. The Morgan fingerprint density at radius 3 is 1.50 bits per heavy atom. The van der Waals surface area contributed by atoms with Crippen molar-refractivity contribution in [2.24, 2.45) is 0 Å². The molecular weight excluding hydrogens is 336 g/mol. The second-order valence-corrected chi connectivity index (χ2v) is 6.87. The summed E-state index contributed by atoms with van der Waals surface area (Å²) in [4.78, 5) is 24.1. The molecule has 0 unspecified atom stereocenters. The predicted molar refractivity (Wildman–Crippen MR) is 101 cm³/mol. The van der Waals surface area contributed by atoms with E-state index in [2.05, 4.69) is 21.3 Å². The first kappa shape index (κ1) is 22.5. The van der Waals surface area contributed by atoms with Crippen LogP contribution in [0.4, 0.5) is 9.59 Å². The Kier molecular flexibility index (Phi) is 12.6. The molecule has 1 fully saturated rings. The number of amides is 4. The van der Waals surface area contributed by atoms with E-state index < -0.39 is 0 Å². The Bertz CT molecular complexity index is 359. The molecule has 0 aromatic heterocycles. The fourth-order valence-electron chi connectivity index (χ4n) is 3.15. The van der Waals surface area contributed by atoms with Gasteiger partial charge in [0.2, 0.25) is 0 Å². The summed E-state index contributed by atoms with van der Waals surface area (Å²) in [6.45, 7) is 1.55. The molecule has 0 radical (unpaired) electrons. The summed E-state index contributed by atoms with van der Waals surface area (Å²) in [5, 5.41) is 29.1. The lowest BCUT2D eigenvalue weighted by Crippen LogP contribution is -2.56. The largest absolute Gasteiger partial charge is 0.396 e. The molecular formula is C18H36N4O4. The van der Waals surface area contributed by atoms with Crippen molar-refractivity contribution >= 4 is 12.1 Å². The van der Waals surface area contributed by atoms with E-state index in [4.69, 9.17) is 10.2 Å². The summed E-state index contributed by atoms with van der Waals surface area (Å²) in [5.74, 6) is 0. The third-order valence-corrected chi connectivity index (χ3v) is 4.64. The van der Waals surface area contributed by atoms with Gasteiger partial charge in [0.25, 0.3) is 0 Å². The molecule has 8 heteroatoms. The molecule has 0 aromatic rings. The zero-order chi connectivity index (χ0) is 19.0. The Morgan fingerprint density at radius 1 is 0.692 bits per heavy atom. The Balaban J connectivity index is 2.25. The van der Waals surface area contributed by atoms with Gasteiger partial charge in [-0.25, -0.2) is 9.59 Å². The quantitative estimate of drug-likeness (QED) is 0.288. The van der Waals surface area contributed by atoms with Gasteiger partial charge in [-0.2, -0.15) is 0 Å². The lowest BCUT2D eigenvalue weighted by Gasteiger charge is -2.32. The average molecular weight is 373 g/mol. The molecule has 8 nitrogen and oxygen atoms in total. The second-order valence-electron chi connectivity index (χ2n) is 6.87. The molecule has 0 saturated heterocycles. The van der Waals surface area contributed by atoms with Crippen LogP contribution >= 0.6 is 0 Å². The third kappa shape index (κ3) is 10.5. The summed E-state index contributed by atoms with van der Waals surface area (Å²) in [6.07, 6.45) is 8.80. The number of aliphatic hydroxyl groups excluding tert-OH is 2. The van der Waals surface area contributed by atoms with Gasteiger partial charge < -0.3 is 31.5 Å². The molecule has 1 rings (SSSR count). The highest BCUT2D eigenvalue weighted by atomic mass is 16.3. The SMILES string of the molecule is O=C(NCCCCCO)N[C@@H]1CCCC[C@H]1NC(=O)NCCCCCO. The number of carbonyl (C=O) groups excluding carboxylic acids is 2. The summed E-state index contributed by atoms with van der Waals surface area (Å²) >= 11 is 0. The fraction of sp³-hybridized carbons (Fsp3) is 0.889. The monoisotopic (exact) mass is 372 g/mol. The summed E-state index contributed by atoms with van der Waals surface area (Å²) in [7, 11) is 0. The van der Waals surface area contributed by atoms with E-state index in [0.29, 0.717) is 13.1 Å². The number of carbonyl (C=O) groups is 2. The van der Waals surface area contributed by atoms with Crippen molar-refractivity contribution in [3.05, 3.63) is 0 Å². The van der Waals surface area contributed by atoms with E-state index in [9.17, 15) is 9.59 Å². The highest BCUT2D eigenvalue weighted by molar-refractivity contribution is 5.75. The van der Waals surface area contributed by atoms with Crippen LogP contribution < -0.4 is 21.3 Å². The lowest BCUT2D eigenvalue weighted by molar-refractivity contribution is 0.213. The highest BCUT2D eigenvalue weighted by Gasteiger charge is 2.27. The number of aliphatic hydroxyl groups is 2.